The molecule has 0 spiro atoms. The fraction of sp³-hybridized carbons (Fsp3) is 0.143. The minimum atomic E-state index is -0.507. The zero-order valence-electron chi connectivity index (χ0n) is 12.2. The number of benzene rings is 1. The molecule has 3 rings (SSSR count). The molecule has 0 bridgehead atoms. The lowest BCUT2D eigenvalue weighted by atomic mass is 10.2. The fourth-order valence-electron chi connectivity index (χ4n) is 2.03. The highest BCUT2D eigenvalue weighted by atomic mass is 35.5. The van der Waals surface area contributed by atoms with Crippen LogP contribution < -0.4 is 10.9 Å². The number of nitrogens with one attached hydrogen (secondary N) is 1. The number of halogens is 3. The smallest absolute Gasteiger partial charge is 0.291 e. The Morgan fingerprint density at radius 1 is 1.17 bits per heavy atom. The van der Waals surface area contributed by atoms with Gasteiger partial charge < -0.3 is 5.32 Å². The number of hydrogen-bond acceptors (Lipinski definition) is 5. The van der Waals surface area contributed by atoms with Crippen molar-refractivity contribution in [2.45, 2.75) is 6.54 Å². The van der Waals surface area contributed by atoms with Crippen LogP contribution in [0.25, 0.3) is 5.69 Å². The summed E-state index contributed by atoms with van der Waals surface area (Å²) < 4.78 is 2.84. The first-order valence-corrected chi connectivity index (χ1v) is 8.01. The van der Waals surface area contributed by atoms with Gasteiger partial charge in [-0.1, -0.05) is 40.0 Å². The molecule has 0 radical (unpaired) electrons. The molecule has 2 aromatic heterocycles. The standard InChI is InChI=1S/C14H11Cl3N6O/c15-10-7-9(23-14(24)13(17)11(16)8-20-23)1-2-12(10)18-3-5-22-6-4-19-21-22/h1-2,4,6-8,18H,3,5H2. The van der Waals surface area contributed by atoms with Crippen LogP contribution in [0.2, 0.25) is 15.1 Å². The Balaban J connectivity index is 1.77. The van der Waals surface area contributed by atoms with E-state index in [0.717, 1.165) is 10.4 Å². The van der Waals surface area contributed by atoms with Crippen molar-refractivity contribution >= 4 is 40.5 Å². The molecule has 0 aliphatic heterocycles. The molecular formula is C14H11Cl3N6O. The molecule has 1 N–H and O–H groups in total. The van der Waals surface area contributed by atoms with Crippen LogP contribution in [0.1, 0.15) is 0 Å². The first-order valence-electron chi connectivity index (χ1n) is 6.87. The van der Waals surface area contributed by atoms with Gasteiger partial charge in [0, 0.05) is 12.7 Å². The number of rotatable bonds is 5. The number of anilines is 1. The first-order chi connectivity index (χ1) is 11.6. The maximum absolute atomic E-state index is 12.1. The Labute approximate surface area is 151 Å². The highest BCUT2D eigenvalue weighted by molar-refractivity contribution is 6.41. The molecule has 0 unspecified atom stereocenters. The number of hydrogen-bond donors (Lipinski definition) is 1. The summed E-state index contributed by atoms with van der Waals surface area (Å²) in [5.41, 5.74) is 0.714. The normalized spacial score (nSPS) is 10.8. The van der Waals surface area contributed by atoms with Gasteiger partial charge in [0.25, 0.3) is 5.56 Å². The topological polar surface area (TPSA) is 77.6 Å². The van der Waals surface area contributed by atoms with E-state index in [0.29, 0.717) is 23.8 Å². The lowest BCUT2D eigenvalue weighted by Crippen LogP contribution is -2.21. The second-order valence-electron chi connectivity index (χ2n) is 4.78. The molecular weight excluding hydrogens is 375 g/mol. The van der Waals surface area contributed by atoms with Gasteiger partial charge in [-0.15, -0.1) is 5.10 Å². The van der Waals surface area contributed by atoms with Gasteiger partial charge >= 0.3 is 0 Å². The van der Waals surface area contributed by atoms with Crippen molar-refractivity contribution in [3.8, 4) is 5.69 Å². The van der Waals surface area contributed by atoms with E-state index < -0.39 is 5.56 Å². The highest BCUT2D eigenvalue weighted by Crippen LogP contribution is 2.24. The zero-order valence-corrected chi connectivity index (χ0v) is 14.4. The van der Waals surface area contributed by atoms with Crippen LogP contribution in [-0.2, 0) is 6.54 Å². The van der Waals surface area contributed by atoms with Crippen LogP contribution in [-0.4, -0.2) is 31.3 Å². The van der Waals surface area contributed by atoms with E-state index in [1.54, 1.807) is 35.3 Å². The van der Waals surface area contributed by atoms with Crippen molar-refractivity contribution < 1.29 is 0 Å². The van der Waals surface area contributed by atoms with Gasteiger partial charge in [-0.25, -0.2) is 0 Å². The second kappa shape index (κ2) is 7.21. The highest BCUT2D eigenvalue weighted by Gasteiger charge is 2.10. The molecule has 0 saturated carbocycles. The molecule has 3 aromatic rings. The molecule has 0 fully saturated rings. The van der Waals surface area contributed by atoms with E-state index >= 15 is 0 Å². The van der Waals surface area contributed by atoms with Gasteiger partial charge in [-0.05, 0) is 18.2 Å². The Morgan fingerprint density at radius 3 is 2.71 bits per heavy atom. The van der Waals surface area contributed by atoms with Gasteiger partial charge in [0.1, 0.15) is 5.02 Å². The van der Waals surface area contributed by atoms with Crippen LogP contribution >= 0.6 is 34.8 Å². The van der Waals surface area contributed by atoms with E-state index in [-0.39, 0.29) is 10.0 Å². The van der Waals surface area contributed by atoms with Gasteiger partial charge in [0.05, 0.1) is 40.4 Å². The molecule has 2 heterocycles. The zero-order chi connectivity index (χ0) is 17.1. The Bertz CT molecular complexity index is 909. The first kappa shape index (κ1) is 16.8. The summed E-state index contributed by atoms with van der Waals surface area (Å²) in [6, 6.07) is 5.09. The summed E-state index contributed by atoms with van der Waals surface area (Å²) in [4.78, 5) is 12.1. The molecule has 1 aromatic carbocycles. The maximum atomic E-state index is 12.1. The second-order valence-corrected chi connectivity index (χ2v) is 5.97. The summed E-state index contributed by atoms with van der Waals surface area (Å²) in [5, 5.41) is 15.2. The van der Waals surface area contributed by atoms with Crippen molar-refractivity contribution in [2.75, 3.05) is 11.9 Å². The lowest BCUT2D eigenvalue weighted by molar-refractivity contribution is 0.609. The van der Waals surface area contributed by atoms with E-state index in [9.17, 15) is 4.79 Å². The predicted octanol–water partition coefficient (Wildman–Crippen LogP) is 2.90. The lowest BCUT2D eigenvalue weighted by Gasteiger charge is -2.11. The summed E-state index contributed by atoms with van der Waals surface area (Å²) in [6.07, 6.45) is 4.70. The Morgan fingerprint density at radius 2 is 2.00 bits per heavy atom. The summed E-state index contributed by atoms with van der Waals surface area (Å²) in [6.45, 7) is 1.26. The van der Waals surface area contributed by atoms with Gasteiger partial charge in [-0.2, -0.15) is 9.78 Å². The van der Waals surface area contributed by atoms with E-state index in [1.807, 2.05) is 0 Å². The van der Waals surface area contributed by atoms with Crippen LogP contribution in [0.15, 0.2) is 41.6 Å². The van der Waals surface area contributed by atoms with Crippen LogP contribution in [0.3, 0.4) is 0 Å². The SMILES string of the molecule is O=c1c(Cl)c(Cl)cnn1-c1ccc(NCCn2ccnn2)c(Cl)c1. The van der Waals surface area contributed by atoms with Crippen LogP contribution in [0.4, 0.5) is 5.69 Å². The maximum Gasteiger partial charge on any atom is 0.291 e. The van der Waals surface area contributed by atoms with Gasteiger partial charge in [0.15, 0.2) is 0 Å². The third-order valence-corrected chi connectivity index (χ3v) is 4.26. The Kier molecular flexibility index (Phi) is 5.03. The molecule has 0 amide bonds. The van der Waals surface area contributed by atoms with Crippen molar-refractivity contribution in [2.24, 2.45) is 0 Å². The van der Waals surface area contributed by atoms with Gasteiger partial charge in [-0.3, -0.25) is 9.48 Å². The largest absolute Gasteiger partial charge is 0.382 e. The van der Waals surface area contributed by atoms with Crippen LogP contribution in [0.5, 0.6) is 0 Å². The minimum Gasteiger partial charge on any atom is -0.382 e. The number of nitrogens with zero attached hydrogens (tertiary/aromatic N) is 5. The fourth-order valence-corrected chi connectivity index (χ4v) is 2.53. The quantitative estimate of drug-likeness (QED) is 0.731. The van der Waals surface area contributed by atoms with Crippen molar-refractivity contribution in [3.05, 3.63) is 62.2 Å². The molecule has 124 valence electrons. The van der Waals surface area contributed by atoms with E-state index in [4.69, 9.17) is 34.8 Å². The predicted molar refractivity (Wildman–Crippen MR) is 93.4 cm³/mol. The molecule has 24 heavy (non-hydrogen) atoms. The molecule has 0 atom stereocenters. The van der Waals surface area contributed by atoms with E-state index in [1.165, 1.54) is 6.20 Å². The molecule has 0 aliphatic rings. The van der Waals surface area contributed by atoms with Crippen molar-refractivity contribution in [1.29, 1.82) is 0 Å². The summed E-state index contributed by atoms with van der Waals surface area (Å²) in [5.74, 6) is 0. The molecule has 7 nitrogen and oxygen atoms in total. The summed E-state index contributed by atoms with van der Waals surface area (Å²) in [7, 11) is 0. The Hall–Kier alpha value is -2.09. The average molecular weight is 386 g/mol. The monoisotopic (exact) mass is 384 g/mol. The van der Waals surface area contributed by atoms with E-state index in [2.05, 4.69) is 20.7 Å². The van der Waals surface area contributed by atoms with Crippen molar-refractivity contribution in [3.63, 3.8) is 0 Å². The molecule has 0 aliphatic carbocycles. The van der Waals surface area contributed by atoms with Crippen LogP contribution in [0, 0.1) is 0 Å². The minimum absolute atomic E-state index is 0.0853. The molecule has 0 saturated heterocycles. The third kappa shape index (κ3) is 3.53. The number of aromatic nitrogens is 5. The van der Waals surface area contributed by atoms with Crippen molar-refractivity contribution in [1.82, 2.24) is 24.8 Å². The average Bonchev–Trinajstić information content (AvgIpc) is 3.08. The molecule has 10 heteroatoms. The summed E-state index contributed by atoms with van der Waals surface area (Å²) >= 11 is 17.9. The van der Waals surface area contributed by atoms with Gasteiger partial charge in [0.2, 0.25) is 0 Å². The third-order valence-electron chi connectivity index (χ3n) is 3.20.